The van der Waals surface area contributed by atoms with Crippen LogP contribution in [-0.4, -0.2) is 25.1 Å². The highest BCUT2D eigenvalue weighted by Gasteiger charge is 2.36. The third-order valence-electron chi connectivity index (χ3n) is 4.55. The second-order valence-electron chi connectivity index (χ2n) is 6.20. The van der Waals surface area contributed by atoms with E-state index in [9.17, 15) is 9.59 Å². The third-order valence-corrected chi connectivity index (χ3v) is 4.78. The maximum Gasteiger partial charge on any atom is 0.312 e. The molecule has 3 rings (SSSR count). The molecule has 0 aliphatic carbocycles. The van der Waals surface area contributed by atoms with Gasteiger partial charge in [0.15, 0.2) is 0 Å². The number of benzene rings is 2. The van der Waals surface area contributed by atoms with E-state index in [1.807, 2.05) is 37.3 Å². The number of urea groups is 1. The van der Waals surface area contributed by atoms with Crippen molar-refractivity contribution in [1.82, 2.24) is 5.32 Å². The van der Waals surface area contributed by atoms with Crippen LogP contribution in [0.4, 0.5) is 10.5 Å². The molecule has 3 N–H and O–H groups in total. The van der Waals surface area contributed by atoms with Gasteiger partial charge in [0.25, 0.3) is 5.91 Å². The van der Waals surface area contributed by atoms with Gasteiger partial charge in [0.1, 0.15) is 11.8 Å². The van der Waals surface area contributed by atoms with Gasteiger partial charge in [-0.25, -0.2) is 4.79 Å². The van der Waals surface area contributed by atoms with Gasteiger partial charge in [-0.1, -0.05) is 29.8 Å². The molecule has 0 aromatic heterocycles. The second kappa shape index (κ2) is 7.25. The molecule has 0 bridgehead atoms. The summed E-state index contributed by atoms with van der Waals surface area (Å²) in [6.07, 6.45) is 0.371. The lowest BCUT2D eigenvalue weighted by Gasteiger charge is -2.38. The van der Waals surface area contributed by atoms with E-state index in [2.05, 4.69) is 5.32 Å². The zero-order valence-corrected chi connectivity index (χ0v) is 15.3. The monoisotopic (exact) mass is 373 g/mol. The minimum Gasteiger partial charge on any atom is -0.497 e. The summed E-state index contributed by atoms with van der Waals surface area (Å²) < 4.78 is 5.28. The highest BCUT2D eigenvalue weighted by molar-refractivity contribution is 6.31. The first-order chi connectivity index (χ1) is 12.4. The maximum atomic E-state index is 13.1. The Bertz CT molecular complexity index is 856. The van der Waals surface area contributed by atoms with Gasteiger partial charge < -0.3 is 20.7 Å². The van der Waals surface area contributed by atoms with E-state index in [1.54, 1.807) is 24.1 Å². The minimum atomic E-state index is -0.727. The number of hydrogen-bond donors (Lipinski definition) is 2. The Labute approximate surface area is 156 Å². The van der Waals surface area contributed by atoms with Crippen molar-refractivity contribution in [2.45, 2.75) is 25.4 Å². The van der Waals surface area contributed by atoms with Crippen LogP contribution in [-0.2, 0) is 11.2 Å². The van der Waals surface area contributed by atoms with Crippen molar-refractivity contribution in [2.24, 2.45) is 5.73 Å². The summed E-state index contributed by atoms with van der Waals surface area (Å²) in [6.45, 7) is 1.92. The average Bonchev–Trinajstić information content (AvgIpc) is 2.62. The number of nitrogens with zero attached hydrogens (tertiary/aromatic N) is 1. The standard InChI is InChI=1S/C19H20ClN3O3/c1-11(12-4-3-5-15(8-12)26-2)23-17-10-14(20)7-6-13(17)9-16(18(23)24)22-19(21)25/h3-8,10-11,16H,9H2,1-2H3,(H3,21,22,25)/t11-,16+/m0/s1. The SMILES string of the molecule is COc1cccc([C@H](C)N2C(=O)[C@H](NC(N)=O)Cc3ccc(Cl)cc32)c1. The van der Waals surface area contributed by atoms with E-state index in [-0.39, 0.29) is 11.9 Å². The van der Waals surface area contributed by atoms with Crippen molar-refractivity contribution in [3.63, 3.8) is 0 Å². The van der Waals surface area contributed by atoms with E-state index in [1.165, 1.54) is 0 Å². The van der Waals surface area contributed by atoms with Gasteiger partial charge in [-0.05, 0) is 42.3 Å². The molecular formula is C19H20ClN3O3. The summed E-state index contributed by atoms with van der Waals surface area (Å²) in [5, 5.41) is 3.08. The van der Waals surface area contributed by atoms with E-state index in [0.717, 1.165) is 16.8 Å². The van der Waals surface area contributed by atoms with Gasteiger partial charge in [-0.3, -0.25) is 4.79 Å². The molecule has 2 atom stereocenters. The fourth-order valence-electron chi connectivity index (χ4n) is 3.26. The summed E-state index contributed by atoms with van der Waals surface area (Å²) in [4.78, 5) is 26.1. The first-order valence-electron chi connectivity index (χ1n) is 8.22. The number of amides is 3. The van der Waals surface area contributed by atoms with Crippen LogP contribution in [0.5, 0.6) is 5.75 Å². The van der Waals surface area contributed by atoms with Crippen molar-refractivity contribution >= 4 is 29.2 Å². The van der Waals surface area contributed by atoms with Crippen molar-refractivity contribution < 1.29 is 14.3 Å². The molecule has 6 nitrogen and oxygen atoms in total. The number of nitrogens with one attached hydrogen (secondary N) is 1. The fraction of sp³-hybridized carbons (Fsp3) is 0.263. The molecule has 0 saturated carbocycles. The number of methoxy groups -OCH3 is 1. The number of ether oxygens (including phenoxy) is 1. The molecule has 0 unspecified atom stereocenters. The number of halogens is 1. The number of fused-ring (bicyclic) bond motifs is 1. The second-order valence-corrected chi connectivity index (χ2v) is 6.64. The zero-order valence-electron chi connectivity index (χ0n) is 14.5. The first-order valence-corrected chi connectivity index (χ1v) is 8.60. The van der Waals surface area contributed by atoms with Crippen molar-refractivity contribution in [3.8, 4) is 5.75 Å². The quantitative estimate of drug-likeness (QED) is 0.863. The van der Waals surface area contributed by atoms with Gasteiger partial charge in [0, 0.05) is 17.1 Å². The molecule has 3 amide bonds. The number of rotatable bonds is 4. The molecule has 136 valence electrons. The van der Waals surface area contributed by atoms with Crippen LogP contribution in [0.25, 0.3) is 0 Å². The summed E-state index contributed by atoms with van der Waals surface area (Å²) in [5.41, 5.74) is 7.80. The van der Waals surface area contributed by atoms with E-state index >= 15 is 0 Å². The summed E-state index contributed by atoms with van der Waals surface area (Å²) in [7, 11) is 1.59. The van der Waals surface area contributed by atoms with Crippen LogP contribution in [0.2, 0.25) is 5.02 Å². The van der Waals surface area contributed by atoms with Gasteiger partial charge in [0.2, 0.25) is 0 Å². The number of hydrogen-bond acceptors (Lipinski definition) is 3. The van der Waals surface area contributed by atoms with Gasteiger partial charge in [-0.15, -0.1) is 0 Å². The molecule has 0 spiro atoms. The largest absolute Gasteiger partial charge is 0.497 e. The number of primary amides is 1. The molecule has 1 heterocycles. The lowest BCUT2D eigenvalue weighted by atomic mass is 9.94. The molecule has 2 aromatic rings. The lowest BCUT2D eigenvalue weighted by Crippen LogP contribution is -2.54. The Morgan fingerprint density at radius 3 is 2.81 bits per heavy atom. The summed E-state index contributed by atoms with van der Waals surface area (Å²) in [6, 6.07) is 11.2. The smallest absolute Gasteiger partial charge is 0.312 e. The fourth-order valence-corrected chi connectivity index (χ4v) is 3.43. The molecule has 1 aliphatic rings. The predicted molar refractivity (Wildman–Crippen MR) is 101 cm³/mol. The van der Waals surface area contributed by atoms with Gasteiger partial charge in [-0.2, -0.15) is 0 Å². The van der Waals surface area contributed by atoms with Gasteiger partial charge >= 0.3 is 6.03 Å². The Morgan fingerprint density at radius 2 is 2.12 bits per heavy atom. The summed E-state index contributed by atoms with van der Waals surface area (Å²) >= 11 is 6.16. The lowest BCUT2D eigenvalue weighted by molar-refractivity contribution is -0.121. The molecule has 7 heteroatoms. The number of carbonyl (C=O) groups excluding carboxylic acids is 2. The molecule has 1 aliphatic heterocycles. The van der Waals surface area contributed by atoms with Crippen LogP contribution >= 0.6 is 11.6 Å². The van der Waals surface area contributed by atoms with E-state index < -0.39 is 12.1 Å². The van der Waals surface area contributed by atoms with Crippen LogP contribution in [0.1, 0.15) is 24.1 Å². The van der Waals surface area contributed by atoms with Crippen molar-refractivity contribution in [1.29, 1.82) is 0 Å². The number of nitrogens with two attached hydrogens (primary N) is 1. The highest BCUT2D eigenvalue weighted by Crippen LogP contribution is 2.37. The Morgan fingerprint density at radius 1 is 1.35 bits per heavy atom. The summed E-state index contributed by atoms with van der Waals surface area (Å²) in [5.74, 6) is 0.478. The molecule has 26 heavy (non-hydrogen) atoms. The predicted octanol–water partition coefficient (Wildman–Crippen LogP) is 3.04. The Kier molecular flexibility index (Phi) is 5.04. The Balaban J connectivity index is 2.05. The highest BCUT2D eigenvalue weighted by atomic mass is 35.5. The molecular weight excluding hydrogens is 354 g/mol. The average molecular weight is 374 g/mol. The minimum absolute atomic E-state index is 0.228. The van der Waals surface area contributed by atoms with Crippen LogP contribution in [0.3, 0.4) is 0 Å². The molecule has 0 fully saturated rings. The van der Waals surface area contributed by atoms with E-state index in [0.29, 0.717) is 17.2 Å². The van der Waals surface area contributed by atoms with Crippen molar-refractivity contribution in [2.75, 3.05) is 12.0 Å². The first kappa shape index (κ1) is 18.1. The van der Waals surface area contributed by atoms with Crippen LogP contribution in [0, 0.1) is 0 Å². The Hall–Kier alpha value is -2.73. The molecule has 0 saturated heterocycles. The topological polar surface area (TPSA) is 84.7 Å². The van der Waals surface area contributed by atoms with E-state index in [4.69, 9.17) is 22.1 Å². The number of carbonyl (C=O) groups is 2. The van der Waals surface area contributed by atoms with Gasteiger partial charge in [0.05, 0.1) is 13.2 Å². The van der Waals surface area contributed by atoms with Crippen LogP contribution in [0.15, 0.2) is 42.5 Å². The molecule has 0 radical (unpaired) electrons. The zero-order chi connectivity index (χ0) is 18.8. The van der Waals surface area contributed by atoms with Crippen LogP contribution < -0.4 is 20.7 Å². The van der Waals surface area contributed by atoms with Crippen molar-refractivity contribution in [3.05, 3.63) is 58.6 Å². The third kappa shape index (κ3) is 3.46. The molecule has 2 aromatic carbocycles. The maximum absolute atomic E-state index is 13.1. The normalized spacial score (nSPS) is 17.4. The number of anilines is 1.